The van der Waals surface area contributed by atoms with E-state index < -0.39 is 0 Å². The smallest absolute Gasteiger partial charge is 0.243 e. The third-order valence-electron chi connectivity index (χ3n) is 5.99. The Labute approximate surface area is 167 Å². The lowest BCUT2D eigenvalue weighted by atomic mass is 10.0. The van der Waals surface area contributed by atoms with E-state index in [4.69, 9.17) is 4.74 Å². The number of rotatable bonds is 6. The van der Waals surface area contributed by atoms with Crippen molar-refractivity contribution in [1.29, 1.82) is 0 Å². The van der Waals surface area contributed by atoms with Crippen molar-refractivity contribution < 1.29 is 9.53 Å². The maximum absolute atomic E-state index is 12.5. The summed E-state index contributed by atoms with van der Waals surface area (Å²) in [6, 6.07) is 17.8. The normalized spacial score (nSPS) is 24.1. The maximum Gasteiger partial charge on any atom is 0.243 e. The molecule has 2 unspecified atom stereocenters. The molecule has 2 atom stereocenters. The quantitative estimate of drug-likeness (QED) is 0.574. The Morgan fingerprint density at radius 2 is 1.64 bits per heavy atom. The number of amides is 1. The number of nitrogens with one attached hydrogen (secondary N) is 1. The van der Waals surface area contributed by atoms with Crippen LogP contribution in [0.2, 0.25) is 0 Å². The van der Waals surface area contributed by atoms with Gasteiger partial charge in [0.2, 0.25) is 5.91 Å². The largest absolute Gasteiger partial charge is 0.488 e. The molecule has 0 aliphatic heterocycles. The van der Waals surface area contributed by atoms with Crippen molar-refractivity contribution in [1.82, 2.24) is 5.43 Å². The van der Waals surface area contributed by atoms with Gasteiger partial charge >= 0.3 is 0 Å². The van der Waals surface area contributed by atoms with Crippen molar-refractivity contribution in [2.75, 3.05) is 0 Å². The number of hydrogen-bond donors (Lipinski definition) is 1. The van der Waals surface area contributed by atoms with Gasteiger partial charge < -0.3 is 4.74 Å². The molecule has 2 aromatic carbocycles. The highest BCUT2D eigenvalue weighted by Crippen LogP contribution is 2.53. The molecular formula is C24H28N2O2. The van der Waals surface area contributed by atoms with E-state index in [1.54, 1.807) is 6.21 Å². The van der Waals surface area contributed by atoms with Crippen molar-refractivity contribution in [3.63, 3.8) is 0 Å². The van der Waals surface area contributed by atoms with Crippen molar-refractivity contribution in [2.45, 2.75) is 45.1 Å². The van der Waals surface area contributed by atoms with Gasteiger partial charge in [0.15, 0.2) is 0 Å². The molecule has 1 amide bonds. The van der Waals surface area contributed by atoms with Gasteiger partial charge in [-0.25, -0.2) is 5.43 Å². The van der Waals surface area contributed by atoms with Gasteiger partial charge in [0.05, 0.1) is 6.21 Å². The van der Waals surface area contributed by atoms with Gasteiger partial charge in [-0.15, -0.1) is 0 Å². The summed E-state index contributed by atoms with van der Waals surface area (Å²) in [5.41, 5.74) is 4.74. The summed E-state index contributed by atoms with van der Waals surface area (Å²) >= 11 is 0. The fraction of sp³-hybridized carbons (Fsp3) is 0.417. The van der Waals surface area contributed by atoms with E-state index in [1.165, 1.54) is 38.5 Å². The molecule has 0 spiro atoms. The van der Waals surface area contributed by atoms with Crippen LogP contribution in [-0.2, 0) is 11.4 Å². The van der Waals surface area contributed by atoms with E-state index in [2.05, 4.69) is 10.5 Å². The van der Waals surface area contributed by atoms with E-state index in [9.17, 15) is 4.79 Å². The molecule has 4 nitrogen and oxygen atoms in total. The van der Waals surface area contributed by atoms with Crippen LogP contribution in [0.4, 0.5) is 0 Å². The van der Waals surface area contributed by atoms with Crippen LogP contribution in [0.5, 0.6) is 5.75 Å². The van der Waals surface area contributed by atoms with E-state index in [0.717, 1.165) is 16.9 Å². The van der Waals surface area contributed by atoms with Gasteiger partial charge in [0.25, 0.3) is 0 Å². The number of para-hydroxylation sites is 1. The first-order valence-electron chi connectivity index (χ1n) is 10.4. The molecule has 2 aliphatic rings. The zero-order chi connectivity index (χ0) is 19.2. The summed E-state index contributed by atoms with van der Waals surface area (Å²) in [6.07, 6.45) is 9.24. The number of hydrogen-bond acceptors (Lipinski definition) is 3. The molecule has 4 heteroatoms. The summed E-state index contributed by atoms with van der Waals surface area (Å²) in [5, 5.41) is 4.22. The van der Waals surface area contributed by atoms with Crippen LogP contribution in [0, 0.1) is 17.8 Å². The highest BCUT2D eigenvalue weighted by atomic mass is 16.5. The number of fused-ring (bicyclic) bond motifs is 1. The first kappa shape index (κ1) is 18.7. The fourth-order valence-corrected chi connectivity index (χ4v) is 4.43. The molecule has 2 aliphatic carbocycles. The summed E-state index contributed by atoms with van der Waals surface area (Å²) in [4.78, 5) is 12.5. The molecule has 0 heterocycles. The number of benzene rings is 2. The van der Waals surface area contributed by atoms with Gasteiger partial charge in [-0.2, -0.15) is 5.10 Å². The van der Waals surface area contributed by atoms with E-state index in [0.29, 0.717) is 18.4 Å². The topological polar surface area (TPSA) is 50.7 Å². The highest BCUT2D eigenvalue weighted by Gasteiger charge is 2.53. The highest BCUT2D eigenvalue weighted by molar-refractivity contribution is 5.86. The SMILES string of the molecule is O=C(N/N=C/c1ccccc1OCc1ccccc1)C1C2CCCCCCC21. The molecule has 0 aromatic heterocycles. The predicted octanol–water partition coefficient (Wildman–Crippen LogP) is 4.93. The Morgan fingerprint density at radius 1 is 0.964 bits per heavy atom. The number of carbonyl (C=O) groups is 1. The lowest BCUT2D eigenvalue weighted by Gasteiger charge is -2.09. The van der Waals surface area contributed by atoms with Crippen molar-refractivity contribution in [2.24, 2.45) is 22.9 Å². The van der Waals surface area contributed by atoms with Crippen molar-refractivity contribution >= 4 is 12.1 Å². The molecule has 0 radical (unpaired) electrons. The Morgan fingerprint density at radius 3 is 2.39 bits per heavy atom. The van der Waals surface area contributed by atoms with Crippen molar-refractivity contribution in [3.05, 3.63) is 65.7 Å². The third kappa shape index (κ3) is 4.61. The summed E-state index contributed by atoms with van der Waals surface area (Å²) in [7, 11) is 0. The molecule has 28 heavy (non-hydrogen) atoms. The second-order valence-electron chi connectivity index (χ2n) is 7.89. The van der Waals surface area contributed by atoms with E-state index in [-0.39, 0.29) is 11.8 Å². The van der Waals surface area contributed by atoms with Crippen LogP contribution in [0.15, 0.2) is 59.7 Å². The zero-order valence-corrected chi connectivity index (χ0v) is 16.2. The van der Waals surface area contributed by atoms with Gasteiger partial charge in [0.1, 0.15) is 12.4 Å². The number of hydrazone groups is 1. The molecule has 146 valence electrons. The summed E-state index contributed by atoms with van der Waals surface area (Å²) < 4.78 is 5.94. The first-order chi connectivity index (χ1) is 13.8. The van der Waals surface area contributed by atoms with Gasteiger partial charge in [-0.1, -0.05) is 68.1 Å². The van der Waals surface area contributed by atoms with Crippen LogP contribution in [0.1, 0.15) is 49.7 Å². The average Bonchev–Trinajstić information content (AvgIpc) is 3.39. The summed E-state index contributed by atoms with van der Waals surface area (Å²) in [5.74, 6) is 2.17. The van der Waals surface area contributed by atoms with Crippen LogP contribution in [-0.4, -0.2) is 12.1 Å². The Hall–Kier alpha value is -2.62. The van der Waals surface area contributed by atoms with Gasteiger partial charge in [0, 0.05) is 11.5 Å². The fourth-order valence-electron chi connectivity index (χ4n) is 4.43. The van der Waals surface area contributed by atoms with Crippen LogP contribution in [0.3, 0.4) is 0 Å². The molecule has 1 N–H and O–H groups in total. The predicted molar refractivity (Wildman–Crippen MR) is 111 cm³/mol. The Bertz CT molecular complexity index is 804. The van der Waals surface area contributed by atoms with E-state index >= 15 is 0 Å². The molecule has 0 saturated heterocycles. The Balaban J connectivity index is 1.33. The molecule has 2 aromatic rings. The van der Waals surface area contributed by atoms with Crippen LogP contribution in [0.25, 0.3) is 0 Å². The standard InChI is InChI=1S/C24H28N2O2/c27-24(23-20-13-6-1-2-7-14-21(20)23)26-25-16-19-12-8-9-15-22(19)28-17-18-10-4-3-5-11-18/h3-5,8-12,15-16,20-21,23H,1-2,6-7,13-14,17H2,(H,26,27)/b25-16+. The molecule has 2 saturated carbocycles. The monoisotopic (exact) mass is 376 g/mol. The molecule has 2 fully saturated rings. The lowest BCUT2D eigenvalue weighted by Crippen LogP contribution is -2.21. The average molecular weight is 377 g/mol. The third-order valence-corrected chi connectivity index (χ3v) is 5.99. The molecular weight excluding hydrogens is 348 g/mol. The maximum atomic E-state index is 12.5. The second kappa shape index (κ2) is 9.05. The number of carbonyl (C=O) groups excluding carboxylic acids is 1. The van der Waals surface area contributed by atoms with Crippen molar-refractivity contribution in [3.8, 4) is 5.75 Å². The van der Waals surface area contributed by atoms with Crippen LogP contribution >= 0.6 is 0 Å². The van der Waals surface area contributed by atoms with Gasteiger partial charge in [-0.3, -0.25) is 4.79 Å². The Kier molecular flexibility index (Phi) is 6.05. The zero-order valence-electron chi connectivity index (χ0n) is 16.2. The number of ether oxygens (including phenoxy) is 1. The summed E-state index contributed by atoms with van der Waals surface area (Å²) in [6.45, 7) is 0.503. The number of nitrogens with zero attached hydrogens (tertiary/aromatic N) is 1. The van der Waals surface area contributed by atoms with E-state index in [1.807, 2.05) is 54.6 Å². The minimum atomic E-state index is 0.0795. The second-order valence-corrected chi connectivity index (χ2v) is 7.89. The molecule has 0 bridgehead atoms. The minimum Gasteiger partial charge on any atom is -0.488 e. The lowest BCUT2D eigenvalue weighted by molar-refractivity contribution is -0.122. The molecule has 4 rings (SSSR count). The van der Waals surface area contributed by atoms with Crippen LogP contribution < -0.4 is 10.2 Å². The minimum absolute atomic E-state index is 0.0795. The van der Waals surface area contributed by atoms with Gasteiger partial charge in [-0.05, 0) is 42.4 Å². The first-order valence-corrected chi connectivity index (χ1v) is 10.4.